The van der Waals surface area contributed by atoms with E-state index in [-0.39, 0.29) is 23.3 Å². The third-order valence-electron chi connectivity index (χ3n) is 25.3. The quantitative estimate of drug-likeness (QED) is 0.0878. The maximum atomic E-state index is 13.8. The molecule has 12 nitrogen and oxygen atoms in total. The molecule has 4 N–H and O–H groups in total. The number of aromatic nitrogens is 12. The number of nitrogens with zero attached hydrogens (tertiary/aromatic N) is 8. The molecule has 0 unspecified atom stereocenters. The number of hydrogen-bond acceptors (Lipinski definition) is 8. The zero-order chi connectivity index (χ0) is 78.1. The topological polar surface area (TPSA) is 166 Å². The van der Waals surface area contributed by atoms with Crippen molar-refractivity contribution in [3.8, 4) is 0 Å². The summed E-state index contributed by atoms with van der Waals surface area (Å²) in [6.45, 7) is 8.56. The molecular weight excluding hydrogens is 1470 g/mol. The molecule has 8 aromatic carbocycles. The van der Waals surface area contributed by atoms with Crippen LogP contribution in [-0.2, 0) is 25.7 Å². The van der Waals surface area contributed by atoms with E-state index in [1.807, 2.05) is 61.2 Å². The normalized spacial score (nSPS) is 19.9. The van der Waals surface area contributed by atoms with Crippen LogP contribution in [0.15, 0.2) is 183 Å². The largest absolute Gasteiger partial charge is 0.342 e. The van der Waals surface area contributed by atoms with Crippen molar-refractivity contribution in [2.75, 3.05) is 0 Å². The fourth-order valence-corrected chi connectivity index (χ4v) is 19.2. The minimum absolute atomic E-state index is 0.184. The highest BCUT2D eigenvalue weighted by Gasteiger charge is 2.30. The zero-order valence-electron chi connectivity index (χ0n) is 64.9. The third-order valence-corrected chi connectivity index (χ3v) is 25.8. The SMILES string of the molecule is Cc1cc2nc(CC3CCC(c4ccnc5ccc(F)cc45)CC3)[nH]c2cc1C.Cc1cc2nc(CC3CCC(c4ccnc5ccc(F)cc45)CC3)[nH]c2cc1C.Fc1ccc2nccc(C3CCC(Cc4nc5ccc(Cl)cc5[nH]4)CC3)c2c1.Fc1ccc2nccc(C3CCC(Cc4nc5ccc(Cl)cc5[nH]4)CC3)c2c1. The van der Waals surface area contributed by atoms with Crippen molar-refractivity contribution in [2.24, 2.45) is 23.7 Å². The first kappa shape index (κ1) is 76.2. The maximum absolute atomic E-state index is 13.8. The predicted molar refractivity (Wildman–Crippen MR) is 454 cm³/mol. The molecule has 580 valence electrons. The smallest absolute Gasteiger partial charge is 0.123 e. The van der Waals surface area contributed by atoms with Crippen LogP contribution in [-0.4, -0.2) is 59.8 Å². The summed E-state index contributed by atoms with van der Waals surface area (Å²) in [5.41, 5.74) is 22.1. The van der Waals surface area contributed by atoms with Gasteiger partial charge in [-0.2, -0.15) is 0 Å². The molecule has 8 aromatic heterocycles. The number of benzene rings is 8. The monoisotopic (exact) mass is 1560 g/mol. The molecule has 4 fully saturated rings. The van der Waals surface area contributed by atoms with Crippen molar-refractivity contribution in [3.63, 3.8) is 0 Å². The molecule has 0 atom stereocenters. The highest BCUT2D eigenvalue weighted by molar-refractivity contribution is 6.31. The van der Waals surface area contributed by atoms with Crippen LogP contribution in [0, 0.1) is 74.6 Å². The minimum Gasteiger partial charge on any atom is -0.342 e. The average molecular weight is 1560 g/mol. The third kappa shape index (κ3) is 17.3. The van der Waals surface area contributed by atoms with E-state index in [4.69, 9.17) is 43.1 Å². The van der Waals surface area contributed by atoms with Gasteiger partial charge in [0.25, 0.3) is 0 Å². The molecule has 0 saturated heterocycles. The Labute approximate surface area is 671 Å². The van der Waals surface area contributed by atoms with E-state index >= 15 is 0 Å². The lowest BCUT2D eigenvalue weighted by Gasteiger charge is -2.29. The fraction of sp³-hybridized carbons (Fsp3) is 0.333. The summed E-state index contributed by atoms with van der Waals surface area (Å²) in [6, 6.07) is 48.2. The van der Waals surface area contributed by atoms with Crippen LogP contribution in [0.25, 0.3) is 87.7 Å². The molecule has 4 saturated carbocycles. The Kier molecular flexibility index (Phi) is 22.4. The lowest BCUT2D eigenvalue weighted by atomic mass is 9.77. The van der Waals surface area contributed by atoms with E-state index in [1.165, 1.54) is 94.5 Å². The summed E-state index contributed by atoms with van der Waals surface area (Å²) >= 11 is 12.1. The van der Waals surface area contributed by atoms with Gasteiger partial charge in [0.2, 0.25) is 0 Å². The van der Waals surface area contributed by atoms with Crippen molar-refractivity contribution in [1.29, 1.82) is 0 Å². The van der Waals surface area contributed by atoms with Crippen molar-refractivity contribution >= 4 is 111 Å². The van der Waals surface area contributed by atoms with Gasteiger partial charge in [0.1, 0.15) is 46.6 Å². The number of hydrogen-bond donors (Lipinski definition) is 4. The lowest BCUT2D eigenvalue weighted by molar-refractivity contribution is 0.322. The second-order valence-corrected chi connectivity index (χ2v) is 33.8. The van der Waals surface area contributed by atoms with Crippen LogP contribution in [0.1, 0.15) is 194 Å². The maximum Gasteiger partial charge on any atom is 0.123 e. The highest BCUT2D eigenvalue weighted by atomic mass is 35.5. The molecular formula is C96H94Cl2F4N12. The predicted octanol–water partition coefficient (Wildman–Crippen LogP) is 25.6. The summed E-state index contributed by atoms with van der Waals surface area (Å²) in [4.78, 5) is 50.5. The van der Waals surface area contributed by atoms with Crippen LogP contribution in [0.5, 0.6) is 0 Å². The van der Waals surface area contributed by atoms with Gasteiger partial charge in [-0.05, 0) is 380 Å². The molecule has 0 amide bonds. The first-order valence-corrected chi connectivity index (χ1v) is 41.6. The van der Waals surface area contributed by atoms with E-state index < -0.39 is 0 Å². The Hall–Kier alpha value is -10.4. The van der Waals surface area contributed by atoms with Crippen LogP contribution >= 0.6 is 23.2 Å². The number of rotatable bonds is 12. The van der Waals surface area contributed by atoms with Crippen LogP contribution in [0.4, 0.5) is 17.6 Å². The molecule has 4 aliphatic carbocycles. The molecule has 0 radical (unpaired) electrons. The molecule has 0 spiro atoms. The molecule has 18 heteroatoms. The van der Waals surface area contributed by atoms with E-state index in [9.17, 15) is 17.6 Å². The Morgan fingerprint density at radius 3 is 0.781 bits per heavy atom. The van der Waals surface area contributed by atoms with Gasteiger partial charge in [-0.1, -0.05) is 23.2 Å². The van der Waals surface area contributed by atoms with Gasteiger partial charge in [-0.3, -0.25) is 19.9 Å². The molecule has 8 heterocycles. The van der Waals surface area contributed by atoms with Gasteiger partial charge >= 0.3 is 0 Å². The highest BCUT2D eigenvalue weighted by Crippen LogP contribution is 2.45. The molecule has 20 rings (SSSR count). The number of fused-ring (bicyclic) bond motifs is 8. The first-order chi connectivity index (χ1) is 55.4. The van der Waals surface area contributed by atoms with Crippen molar-refractivity contribution < 1.29 is 17.6 Å². The Morgan fingerprint density at radius 1 is 0.272 bits per heavy atom. The summed E-state index contributed by atoms with van der Waals surface area (Å²) in [5, 5.41) is 5.31. The van der Waals surface area contributed by atoms with Gasteiger partial charge in [-0.15, -0.1) is 0 Å². The average Bonchev–Trinajstić information content (AvgIpc) is 1.05. The summed E-state index contributed by atoms with van der Waals surface area (Å²) < 4.78 is 55.1. The second-order valence-electron chi connectivity index (χ2n) is 32.9. The Morgan fingerprint density at radius 2 is 0.509 bits per heavy atom. The Balaban J connectivity index is 0.000000110. The lowest BCUT2D eigenvalue weighted by Crippen LogP contribution is -2.16. The van der Waals surface area contributed by atoms with Gasteiger partial charge < -0.3 is 19.9 Å². The number of aryl methyl sites for hydroxylation is 4. The summed E-state index contributed by atoms with van der Waals surface area (Å²) in [7, 11) is 0. The molecule has 4 aliphatic rings. The van der Waals surface area contributed by atoms with Crippen molar-refractivity contribution in [1.82, 2.24) is 59.8 Å². The number of H-pyrrole nitrogens is 4. The van der Waals surface area contributed by atoms with Crippen molar-refractivity contribution in [3.05, 3.63) is 284 Å². The van der Waals surface area contributed by atoms with Crippen LogP contribution in [0.3, 0.4) is 0 Å². The molecule has 114 heavy (non-hydrogen) atoms. The molecule has 16 aromatic rings. The zero-order valence-corrected chi connectivity index (χ0v) is 66.4. The Bertz CT molecular complexity index is 5700. The number of halogens is 6. The number of pyridine rings is 4. The van der Waals surface area contributed by atoms with Gasteiger partial charge in [0.15, 0.2) is 0 Å². The van der Waals surface area contributed by atoms with Crippen LogP contribution in [0.2, 0.25) is 10.0 Å². The minimum atomic E-state index is -0.194. The second kappa shape index (κ2) is 33.6. The molecule has 0 bridgehead atoms. The van der Waals surface area contributed by atoms with Gasteiger partial charge in [0, 0.05) is 82.1 Å². The molecule has 0 aliphatic heterocycles. The van der Waals surface area contributed by atoms with E-state index in [1.54, 1.807) is 48.5 Å². The fourth-order valence-electron chi connectivity index (χ4n) is 18.9. The van der Waals surface area contributed by atoms with Crippen molar-refractivity contribution in [2.45, 2.75) is 180 Å². The standard InChI is InChI=1S/2C25H26FN3.2C23H21ClFN3/c2*1-15-11-23-24(12-16(15)2)29-25(28-23)13-17-3-5-18(6-4-17)20-9-10-27-22-8-7-19(26)14-21(20)22;2*24-16-5-7-21-22(12-16)28-23(27-21)11-14-1-3-15(4-2-14)18-9-10-26-20-8-6-17(25)13-19(18)20/h2*7-12,14,17-18H,3-6,13H2,1-2H3,(H,28,29);2*5-10,12-15H,1-4,11H2,(H,27,28). The number of nitrogens with one attached hydrogen (secondary N) is 4. The van der Waals surface area contributed by atoms with Gasteiger partial charge in [-0.25, -0.2) is 37.5 Å². The first-order valence-electron chi connectivity index (χ1n) is 40.8. The summed E-state index contributed by atoms with van der Waals surface area (Å²) in [5.74, 6) is 7.98. The number of aromatic amines is 4. The summed E-state index contributed by atoms with van der Waals surface area (Å²) in [6.07, 6.45) is 29.7. The van der Waals surface area contributed by atoms with E-state index in [0.29, 0.717) is 47.3 Å². The van der Waals surface area contributed by atoms with Gasteiger partial charge in [0.05, 0.1) is 66.2 Å². The number of imidazole rings is 4. The van der Waals surface area contributed by atoms with E-state index in [0.717, 1.165) is 224 Å². The van der Waals surface area contributed by atoms with Crippen LogP contribution < -0.4 is 0 Å². The van der Waals surface area contributed by atoms with E-state index in [2.05, 4.69) is 116 Å².